The van der Waals surface area contributed by atoms with Crippen molar-refractivity contribution in [3.8, 4) is 0 Å². The number of Topliss-reactive ketones (excluding diaryl/α,β-unsaturated/α-hetero) is 1. The van der Waals surface area contributed by atoms with Crippen molar-refractivity contribution < 1.29 is 22.7 Å². The van der Waals surface area contributed by atoms with E-state index in [-0.39, 0.29) is 5.78 Å². The molecule has 27 heavy (non-hydrogen) atoms. The molecule has 7 nitrogen and oxygen atoms in total. The first-order valence-corrected chi connectivity index (χ1v) is 10.1. The third kappa shape index (κ3) is 5.82. The Morgan fingerprint density at radius 3 is 2.22 bits per heavy atom. The summed E-state index contributed by atoms with van der Waals surface area (Å²) in [5, 5.41) is 0. The molecule has 0 unspecified atom stereocenters. The Morgan fingerprint density at radius 1 is 1.04 bits per heavy atom. The number of ketones is 1. The zero-order chi connectivity index (χ0) is 20.2. The molecule has 0 saturated carbocycles. The Labute approximate surface area is 159 Å². The first kappa shape index (κ1) is 20.4. The summed E-state index contributed by atoms with van der Waals surface area (Å²) in [4.78, 5) is 26.6. The Kier molecular flexibility index (Phi) is 6.22. The van der Waals surface area contributed by atoms with Crippen LogP contribution in [0.25, 0.3) is 0 Å². The lowest BCUT2D eigenvalue weighted by atomic mass is 10.1. The van der Waals surface area contributed by atoms with Crippen LogP contribution in [0.15, 0.2) is 48.5 Å². The van der Waals surface area contributed by atoms with Gasteiger partial charge in [-0.25, -0.2) is 13.2 Å². The summed E-state index contributed by atoms with van der Waals surface area (Å²) in [6, 6.07) is 12.8. The number of carbonyl (C=O) groups is 2. The summed E-state index contributed by atoms with van der Waals surface area (Å²) in [6.45, 7) is 1.50. The molecule has 0 amide bonds. The largest absolute Gasteiger partial charge is 0.451 e. The lowest BCUT2D eigenvalue weighted by Crippen LogP contribution is -2.24. The van der Waals surface area contributed by atoms with Crippen molar-refractivity contribution in [3.05, 3.63) is 59.7 Å². The highest BCUT2D eigenvalue weighted by molar-refractivity contribution is 7.92. The van der Waals surface area contributed by atoms with E-state index in [1.165, 1.54) is 31.2 Å². The highest BCUT2D eigenvalue weighted by Gasteiger charge is 2.21. The molecule has 2 aromatic carbocycles. The van der Waals surface area contributed by atoms with Gasteiger partial charge in [0.25, 0.3) is 0 Å². The molecule has 8 heteroatoms. The molecule has 0 heterocycles. The molecule has 0 saturated heterocycles. The van der Waals surface area contributed by atoms with Gasteiger partial charge in [-0.15, -0.1) is 0 Å². The Morgan fingerprint density at radius 2 is 1.67 bits per heavy atom. The average Bonchev–Trinajstić information content (AvgIpc) is 2.60. The van der Waals surface area contributed by atoms with Crippen molar-refractivity contribution in [2.24, 2.45) is 0 Å². The molecule has 0 aliphatic rings. The molecule has 0 aromatic heterocycles. The third-order valence-corrected chi connectivity index (χ3v) is 4.33. The second kappa shape index (κ2) is 8.22. The Balaban J connectivity index is 2.06. The fourth-order valence-electron chi connectivity index (χ4n) is 2.34. The molecular formula is C19H22N2O5S. The summed E-state index contributed by atoms with van der Waals surface area (Å²) in [6.07, 6.45) is 0.0630. The zero-order valence-electron chi connectivity index (χ0n) is 15.6. The molecular weight excluding hydrogens is 368 g/mol. The van der Waals surface area contributed by atoms with Crippen LogP contribution in [0.5, 0.6) is 0 Å². The lowest BCUT2D eigenvalue weighted by molar-refractivity contribution is 0.0319. The summed E-state index contributed by atoms with van der Waals surface area (Å²) in [7, 11) is 0.329. The molecule has 2 aromatic rings. The molecule has 144 valence electrons. The van der Waals surface area contributed by atoms with Crippen LogP contribution in [-0.4, -0.2) is 46.6 Å². The van der Waals surface area contributed by atoms with Gasteiger partial charge in [0.15, 0.2) is 6.10 Å². The van der Waals surface area contributed by atoms with Crippen LogP contribution >= 0.6 is 0 Å². The van der Waals surface area contributed by atoms with E-state index < -0.39 is 22.1 Å². The molecule has 0 radical (unpaired) electrons. The van der Waals surface area contributed by atoms with Crippen LogP contribution in [-0.2, 0) is 14.8 Å². The van der Waals surface area contributed by atoms with Gasteiger partial charge in [-0.1, -0.05) is 6.07 Å². The van der Waals surface area contributed by atoms with Crippen LogP contribution in [0.1, 0.15) is 27.6 Å². The predicted molar refractivity (Wildman–Crippen MR) is 105 cm³/mol. The molecule has 1 N–H and O–H groups in total. The summed E-state index contributed by atoms with van der Waals surface area (Å²) >= 11 is 0. The van der Waals surface area contributed by atoms with Gasteiger partial charge >= 0.3 is 5.97 Å². The number of nitrogens with zero attached hydrogens (tertiary/aromatic N) is 1. The summed E-state index contributed by atoms with van der Waals surface area (Å²) < 4.78 is 30.0. The summed E-state index contributed by atoms with van der Waals surface area (Å²) in [5.74, 6) is -0.965. The van der Waals surface area contributed by atoms with Crippen LogP contribution in [0.4, 0.5) is 11.4 Å². The van der Waals surface area contributed by atoms with E-state index >= 15 is 0 Å². The van der Waals surface area contributed by atoms with Crippen molar-refractivity contribution >= 4 is 33.2 Å². The van der Waals surface area contributed by atoms with Crippen molar-refractivity contribution in [1.82, 2.24) is 0 Å². The fraction of sp³-hybridized carbons (Fsp3) is 0.263. The van der Waals surface area contributed by atoms with E-state index in [0.29, 0.717) is 16.8 Å². The van der Waals surface area contributed by atoms with E-state index in [1.807, 2.05) is 25.1 Å². The first-order valence-electron chi connectivity index (χ1n) is 8.17. The number of nitrogens with one attached hydrogen (secondary N) is 1. The van der Waals surface area contributed by atoms with E-state index in [1.54, 1.807) is 18.2 Å². The second-order valence-corrected chi connectivity index (χ2v) is 8.06. The van der Waals surface area contributed by atoms with Gasteiger partial charge in [0.1, 0.15) is 0 Å². The van der Waals surface area contributed by atoms with Gasteiger partial charge in [0.2, 0.25) is 15.8 Å². The van der Waals surface area contributed by atoms with Crippen LogP contribution < -0.4 is 9.62 Å². The topological polar surface area (TPSA) is 92.8 Å². The van der Waals surface area contributed by atoms with Gasteiger partial charge in [-0.3, -0.25) is 9.52 Å². The van der Waals surface area contributed by atoms with E-state index in [9.17, 15) is 18.0 Å². The predicted octanol–water partition coefficient (Wildman–Crippen LogP) is 2.55. The van der Waals surface area contributed by atoms with Gasteiger partial charge in [-0.05, 0) is 49.4 Å². The lowest BCUT2D eigenvalue weighted by Gasteiger charge is -2.15. The Bertz CT molecular complexity index is 937. The van der Waals surface area contributed by atoms with Gasteiger partial charge in [0, 0.05) is 31.0 Å². The fourth-order valence-corrected chi connectivity index (χ4v) is 2.91. The number of hydrogen-bond donors (Lipinski definition) is 1. The molecule has 2 rings (SSSR count). The maximum atomic E-state index is 12.5. The standard InChI is InChI=1S/C19H22N2O5S/c1-13(26-19(23)15-6-5-7-17(12-15)21(2)3)18(22)14-8-10-16(11-9-14)20-27(4,24)25/h5-13,20H,1-4H3/t13-/m0/s1. The van der Waals surface area contributed by atoms with Crippen molar-refractivity contribution in [2.75, 3.05) is 30.0 Å². The molecule has 0 bridgehead atoms. The number of hydrogen-bond acceptors (Lipinski definition) is 6. The highest BCUT2D eigenvalue weighted by Crippen LogP contribution is 2.17. The van der Waals surface area contributed by atoms with Crippen LogP contribution in [0.3, 0.4) is 0 Å². The monoisotopic (exact) mass is 390 g/mol. The molecule has 0 aliphatic carbocycles. The minimum absolute atomic E-state index is 0.316. The Hall–Kier alpha value is -2.87. The van der Waals surface area contributed by atoms with Gasteiger partial charge < -0.3 is 9.64 Å². The van der Waals surface area contributed by atoms with Crippen LogP contribution in [0, 0.1) is 0 Å². The van der Waals surface area contributed by atoms with E-state index in [4.69, 9.17) is 4.74 Å². The number of sulfonamides is 1. The normalized spacial score (nSPS) is 12.1. The quantitative estimate of drug-likeness (QED) is 0.577. The maximum absolute atomic E-state index is 12.5. The number of benzene rings is 2. The van der Waals surface area contributed by atoms with E-state index in [0.717, 1.165) is 11.9 Å². The minimum atomic E-state index is -3.39. The van der Waals surface area contributed by atoms with Gasteiger partial charge in [0.05, 0.1) is 11.8 Å². The third-order valence-electron chi connectivity index (χ3n) is 3.72. The number of anilines is 2. The number of rotatable bonds is 7. The van der Waals surface area contributed by atoms with Crippen molar-refractivity contribution in [1.29, 1.82) is 0 Å². The van der Waals surface area contributed by atoms with Crippen LogP contribution in [0.2, 0.25) is 0 Å². The zero-order valence-corrected chi connectivity index (χ0v) is 16.4. The summed E-state index contributed by atoms with van der Waals surface area (Å²) in [5.41, 5.74) is 1.86. The van der Waals surface area contributed by atoms with E-state index in [2.05, 4.69) is 4.72 Å². The average molecular weight is 390 g/mol. The number of esters is 1. The first-order chi connectivity index (χ1) is 12.6. The minimum Gasteiger partial charge on any atom is -0.451 e. The smallest absolute Gasteiger partial charge is 0.338 e. The molecule has 0 fully saturated rings. The SMILES string of the molecule is C[C@H](OC(=O)c1cccc(N(C)C)c1)C(=O)c1ccc(NS(C)(=O)=O)cc1. The molecule has 0 aliphatic heterocycles. The number of ether oxygens (including phenoxy) is 1. The molecule has 1 atom stereocenters. The van der Waals surface area contributed by atoms with Crippen molar-refractivity contribution in [2.45, 2.75) is 13.0 Å². The second-order valence-electron chi connectivity index (χ2n) is 6.31. The van der Waals surface area contributed by atoms with Gasteiger partial charge in [-0.2, -0.15) is 0 Å². The molecule has 0 spiro atoms. The van der Waals surface area contributed by atoms with Crippen molar-refractivity contribution in [3.63, 3.8) is 0 Å². The number of carbonyl (C=O) groups excluding carboxylic acids is 2. The maximum Gasteiger partial charge on any atom is 0.338 e. The highest BCUT2D eigenvalue weighted by atomic mass is 32.2.